The van der Waals surface area contributed by atoms with Gasteiger partial charge in [-0.3, -0.25) is 9.59 Å². The van der Waals surface area contributed by atoms with Crippen LogP contribution in [-0.2, 0) is 14.3 Å². The van der Waals surface area contributed by atoms with E-state index in [1.54, 1.807) is 17.0 Å². The molecule has 154 valence electrons. The number of benzene rings is 1. The number of ether oxygens (including phenoxy) is 1. The third-order valence-corrected chi connectivity index (χ3v) is 5.97. The van der Waals surface area contributed by atoms with Crippen molar-refractivity contribution in [3.05, 3.63) is 58.2 Å². The van der Waals surface area contributed by atoms with Crippen molar-refractivity contribution >= 4 is 11.7 Å². The van der Waals surface area contributed by atoms with Crippen LogP contribution in [0.5, 0.6) is 0 Å². The quantitative estimate of drug-likeness (QED) is 0.831. The molecule has 5 nitrogen and oxygen atoms in total. The zero-order valence-corrected chi connectivity index (χ0v) is 17.2. The van der Waals surface area contributed by atoms with Gasteiger partial charge in [-0.1, -0.05) is 26.0 Å². The number of hydrogen-bond donors (Lipinski definition) is 1. The molecule has 4 rings (SSSR count). The van der Waals surface area contributed by atoms with Crippen molar-refractivity contribution in [3.8, 4) is 0 Å². The van der Waals surface area contributed by atoms with Gasteiger partial charge in [0, 0.05) is 48.0 Å². The average molecular weight is 398 g/mol. The van der Waals surface area contributed by atoms with Gasteiger partial charge in [-0.15, -0.1) is 0 Å². The molecule has 0 radical (unpaired) electrons. The Kier molecular flexibility index (Phi) is 5.07. The van der Waals surface area contributed by atoms with Crippen molar-refractivity contribution in [2.45, 2.75) is 39.5 Å². The van der Waals surface area contributed by atoms with E-state index in [9.17, 15) is 14.0 Å². The molecule has 1 saturated heterocycles. The summed E-state index contributed by atoms with van der Waals surface area (Å²) in [6.45, 7) is 8.12. The van der Waals surface area contributed by atoms with Crippen LogP contribution in [0, 0.1) is 11.2 Å². The third kappa shape index (κ3) is 3.73. The predicted octanol–water partition coefficient (Wildman–Crippen LogP) is 3.29. The smallest absolute Gasteiger partial charge is 0.252 e. The first-order valence-corrected chi connectivity index (χ1v) is 10.1. The molecule has 2 aliphatic heterocycles. The number of carbonyl (C=O) groups is 2. The van der Waals surface area contributed by atoms with Crippen molar-refractivity contribution < 1.29 is 18.7 Å². The van der Waals surface area contributed by atoms with Gasteiger partial charge in [0.1, 0.15) is 5.82 Å². The fraction of sp³-hybridized carbons (Fsp3) is 0.478. The summed E-state index contributed by atoms with van der Waals surface area (Å²) in [5.74, 6) is -0.852. The lowest BCUT2D eigenvalue weighted by Gasteiger charge is -2.41. The second-order valence-corrected chi connectivity index (χ2v) is 8.89. The fourth-order valence-corrected chi connectivity index (χ4v) is 4.64. The van der Waals surface area contributed by atoms with Crippen LogP contribution in [0.15, 0.2) is 46.8 Å². The first-order valence-electron chi connectivity index (χ1n) is 10.1. The van der Waals surface area contributed by atoms with Gasteiger partial charge in [-0.2, -0.15) is 0 Å². The molecule has 0 spiro atoms. The molecule has 1 unspecified atom stereocenters. The zero-order chi connectivity index (χ0) is 20.8. The van der Waals surface area contributed by atoms with E-state index in [1.807, 2.05) is 6.92 Å². The van der Waals surface area contributed by atoms with Crippen LogP contribution >= 0.6 is 0 Å². The SMILES string of the molecule is CC1=C(C(=O)N2CCOCC2)C(c2ccc(F)cc2)C2=C(CC(C)(C)CC2=O)N1. The van der Waals surface area contributed by atoms with Crippen molar-refractivity contribution in [1.29, 1.82) is 0 Å². The van der Waals surface area contributed by atoms with Gasteiger partial charge < -0.3 is 15.0 Å². The first-order chi connectivity index (χ1) is 13.8. The topological polar surface area (TPSA) is 58.6 Å². The molecule has 1 aromatic carbocycles. The Morgan fingerprint density at radius 3 is 2.48 bits per heavy atom. The second-order valence-electron chi connectivity index (χ2n) is 8.89. The monoisotopic (exact) mass is 398 g/mol. The van der Waals surface area contributed by atoms with Crippen molar-refractivity contribution in [3.63, 3.8) is 0 Å². The van der Waals surface area contributed by atoms with E-state index in [1.165, 1.54) is 12.1 Å². The van der Waals surface area contributed by atoms with Crippen molar-refractivity contribution in [1.82, 2.24) is 10.2 Å². The average Bonchev–Trinajstić information content (AvgIpc) is 2.67. The molecular formula is C23H27FN2O3. The number of nitrogens with one attached hydrogen (secondary N) is 1. The van der Waals surface area contributed by atoms with Crippen LogP contribution in [-0.4, -0.2) is 42.9 Å². The number of halogens is 1. The van der Waals surface area contributed by atoms with E-state index in [-0.39, 0.29) is 22.9 Å². The summed E-state index contributed by atoms with van der Waals surface area (Å²) in [5.41, 5.74) is 3.51. The molecule has 2 heterocycles. The minimum absolute atomic E-state index is 0.0536. The Labute approximate surface area is 170 Å². The van der Waals surface area contributed by atoms with Crippen LogP contribution in [0.4, 0.5) is 4.39 Å². The lowest BCUT2D eigenvalue weighted by atomic mass is 9.68. The first kappa shape index (κ1) is 19.8. The summed E-state index contributed by atoms with van der Waals surface area (Å²) >= 11 is 0. The third-order valence-electron chi connectivity index (χ3n) is 5.97. The van der Waals surface area contributed by atoms with Crippen LogP contribution in [0.2, 0.25) is 0 Å². The molecular weight excluding hydrogens is 371 g/mol. The van der Waals surface area contributed by atoms with Crippen LogP contribution < -0.4 is 5.32 Å². The summed E-state index contributed by atoms with van der Waals surface area (Å²) in [6, 6.07) is 6.15. The van der Waals surface area contributed by atoms with E-state index in [4.69, 9.17) is 4.74 Å². The standard InChI is InChI=1S/C23H27FN2O3/c1-14-19(22(28)26-8-10-29-11-9-26)20(15-4-6-16(24)7-5-15)21-17(25-14)12-23(2,3)13-18(21)27/h4-7,20,25H,8-13H2,1-3H3. The molecule has 1 atom stereocenters. The van der Waals surface area contributed by atoms with Crippen LogP contribution in [0.25, 0.3) is 0 Å². The van der Waals surface area contributed by atoms with E-state index < -0.39 is 5.92 Å². The summed E-state index contributed by atoms with van der Waals surface area (Å²) in [5, 5.41) is 3.37. The Balaban J connectivity index is 1.82. The highest BCUT2D eigenvalue weighted by Gasteiger charge is 2.43. The van der Waals surface area contributed by atoms with E-state index in [2.05, 4.69) is 19.2 Å². The lowest BCUT2D eigenvalue weighted by Crippen LogP contribution is -2.45. The van der Waals surface area contributed by atoms with Gasteiger partial charge in [0.15, 0.2) is 5.78 Å². The highest BCUT2D eigenvalue weighted by molar-refractivity contribution is 6.05. The molecule has 1 fully saturated rings. The highest BCUT2D eigenvalue weighted by atomic mass is 19.1. The maximum absolute atomic E-state index is 13.6. The van der Waals surface area contributed by atoms with Gasteiger partial charge in [0.2, 0.25) is 0 Å². The predicted molar refractivity (Wildman–Crippen MR) is 107 cm³/mol. The number of morpholine rings is 1. The van der Waals surface area contributed by atoms with Gasteiger partial charge >= 0.3 is 0 Å². The van der Waals surface area contributed by atoms with E-state index >= 15 is 0 Å². The zero-order valence-electron chi connectivity index (χ0n) is 17.2. The summed E-state index contributed by atoms with van der Waals surface area (Å²) in [7, 11) is 0. The maximum atomic E-state index is 13.6. The molecule has 0 saturated carbocycles. The van der Waals surface area contributed by atoms with Gasteiger partial charge in [-0.25, -0.2) is 4.39 Å². The molecule has 1 amide bonds. The normalized spacial score (nSPS) is 24.3. The Hall–Kier alpha value is -2.47. The number of ketones is 1. The molecule has 29 heavy (non-hydrogen) atoms. The Morgan fingerprint density at radius 1 is 1.17 bits per heavy atom. The molecule has 0 bridgehead atoms. The summed E-state index contributed by atoms with van der Waals surface area (Å²) < 4.78 is 19.0. The summed E-state index contributed by atoms with van der Waals surface area (Å²) in [4.78, 5) is 28.5. The molecule has 1 aromatic rings. The van der Waals surface area contributed by atoms with Gasteiger partial charge in [0.05, 0.1) is 13.2 Å². The Bertz CT molecular complexity index is 909. The molecule has 0 aromatic heterocycles. The van der Waals surface area contributed by atoms with Crippen LogP contribution in [0.3, 0.4) is 0 Å². The number of hydrogen-bond acceptors (Lipinski definition) is 4. The molecule has 6 heteroatoms. The number of Topliss-reactive ketones (excluding diaryl/α,β-unsaturated/α-hetero) is 1. The molecule has 1 aliphatic carbocycles. The van der Waals surface area contributed by atoms with E-state index in [0.29, 0.717) is 43.9 Å². The minimum atomic E-state index is -0.481. The maximum Gasteiger partial charge on any atom is 0.252 e. The van der Waals surface area contributed by atoms with Crippen LogP contribution in [0.1, 0.15) is 45.1 Å². The number of amides is 1. The largest absolute Gasteiger partial charge is 0.378 e. The number of dihydropyridines is 1. The second kappa shape index (κ2) is 7.41. The summed E-state index contributed by atoms with van der Waals surface area (Å²) in [6.07, 6.45) is 1.17. The number of allylic oxidation sites excluding steroid dienone is 3. The number of rotatable bonds is 2. The van der Waals surface area contributed by atoms with Crippen molar-refractivity contribution in [2.24, 2.45) is 5.41 Å². The van der Waals surface area contributed by atoms with Gasteiger partial charge in [0.25, 0.3) is 5.91 Å². The number of nitrogens with zero attached hydrogens (tertiary/aromatic N) is 1. The fourth-order valence-electron chi connectivity index (χ4n) is 4.64. The van der Waals surface area contributed by atoms with E-state index in [0.717, 1.165) is 23.4 Å². The minimum Gasteiger partial charge on any atom is -0.378 e. The lowest BCUT2D eigenvalue weighted by molar-refractivity contribution is -0.131. The number of carbonyl (C=O) groups excluding carboxylic acids is 2. The Morgan fingerprint density at radius 2 is 1.83 bits per heavy atom. The van der Waals surface area contributed by atoms with Crippen molar-refractivity contribution in [2.75, 3.05) is 26.3 Å². The molecule has 1 N–H and O–H groups in total. The highest BCUT2D eigenvalue weighted by Crippen LogP contribution is 2.46. The van der Waals surface area contributed by atoms with Gasteiger partial charge in [-0.05, 0) is 36.5 Å². The molecule has 3 aliphatic rings.